The third-order valence-electron chi connectivity index (χ3n) is 5.21. The van der Waals surface area contributed by atoms with Crippen molar-refractivity contribution in [1.82, 2.24) is 15.1 Å². The number of nitrogens with zero attached hydrogens (tertiary/aromatic N) is 2. The summed E-state index contributed by atoms with van der Waals surface area (Å²) in [5.41, 5.74) is 1.27. The Morgan fingerprint density at radius 2 is 2.24 bits per heavy atom. The summed E-state index contributed by atoms with van der Waals surface area (Å²) >= 11 is 2.15. The van der Waals surface area contributed by atoms with Crippen molar-refractivity contribution < 1.29 is 0 Å². The van der Waals surface area contributed by atoms with Crippen LogP contribution in [0.1, 0.15) is 64.1 Å². The van der Waals surface area contributed by atoms with Crippen LogP contribution in [0.3, 0.4) is 0 Å². The van der Waals surface area contributed by atoms with Crippen molar-refractivity contribution in [3.63, 3.8) is 0 Å². The lowest BCUT2D eigenvalue weighted by Crippen LogP contribution is -2.46. The van der Waals surface area contributed by atoms with Gasteiger partial charge in [0.15, 0.2) is 0 Å². The first kappa shape index (κ1) is 15.4. The molecule has 21 heavy (non-hydrogen) atoms. The van der Waals surface area contributed by atoms with E-state index in [4.69, 9.17) is 5.10 Å². The highest BCUT2D eigenvalue weighted by Gasteiger charge is 2.37. The van der Waals surface area contributed by atoms with Gasteiger partial charge in [-0.05, 0) is 51.0 Å². The molecule has 3 nitrogen and oxygen atoms in total. The maximum absolute atomic E-state index is 4.88. The zero-order valence-electron chi connectivity index (χ0n) is 13.5. The second kappa shape index (κ2) is 6.74. The lowest BCUT2D eigenvalue weighted by Gasteiger charge is -2.33. The van der Waals surface area contributed by atoms with Crippen LogP contribution < -0.4 is 5.32 Å². The van der Waals surface area contributed by atoms with Crippen molar-refractivity contribution in [2.75, 3.05) is 12.3 Å². The molecule has 0 bridgehead atoms. The normalized spacial score (nSPS) is 28.3. The van der Waals surface area contributed by atoms with Gasteiger partial charge in [0.2, 0.25) is 0 Å². The maximum atomic E-state index is 4.88. The van der Waals surface area contributed by atoms with Crippen molar-refractivity contribution in [1.29, 1.82) is 0 Å². The lowest BCUT2D eigenvalue weighted by atomic mass is 9.92. The van der Waals surface area contributed by atoms with Crippen molar-refractivity contribution in [3.05, 3.63) is 18.0 Å². The van der Waals surface area contributed by atoms with Gasteiger partial charge in [-0.2, -0.15) is 16.9 Å². The Labute approximate surface area is 133 Å². The van der Waals surface area contributed by atoms with Crippen LogP contribution in [0.4, 0.5) is 0 Å². The fourth-order valence-corrected chi connectivity index (χ4v) is 5.30. The van der Waals surface area contributed by atoms with Crippen LogP contribution in [0.15, 0.2) is 12.3 Å². The lowest BCUT2D eigenvalue weighted by molar-refractivity contribution is 0.398. The topological polar surface area (TPSA) is 29.9 Å². The van der Waals surface area contributed by atoms with E-state index in [0.29, 0.717) is 16.8 Å². The van der Waals surface area contributed by atoms with Gasteiger partial charge in [-0.25, -0.2) is 0 Å². The SMILES string of the molecule is CCNC(Cc1ccn(C2CCCC2)n1)C1(C)CCCS1. The molecule has 2 fully saturated rings. The molecule has 1 aliphatic carbocycles. The van der Waals surface area contributed by atoms with Crippen LogP contribution in [-0.4, -0.2) is 32.9 Å². The van der Waals surface area contributed by atoms with E-state index in [1.54, 1.807) is 0 Å². The molecule has 2 aliphatic rings. The molecule has 2 heterocycles. The first-order chi connectivity index (χ1) is 10.2. The number of hydrogen-bond acceptors (Lipinski definition) is 3. The minimum Gasteiger partial charge on any atom is -0.312 e. The Bertz CT molecular complexity index is 445. The van der Waals surface area contributed by atoms with E-state index in [-0.39, 0.29) is 0 Å². The molecule has 0 amide bonds. The summed E-state index contributed by atoms with van der Waals surface area (Å²) in [7, 11) is 0. The fourth-order valence-electron chi connectivity index (χ4n) is 3.89. The molecular formula is C17H29N3S. The molecular weight excluding hydrogens is 278 g/mol. The van der Waals surface area contributed by atoms with E-state index in [0.717, 1.165) is 13.0 Å². The quantitative estimate of drug-likeness (QED) is 0.867. The van der Waals surface area contributed by atoms with Gasteiger partial charge >= 0.3 is 0 Å². The Balaban J connectivity index is 1.67. The molecule has 0 aromatic carbocycles. The van der Waals surface area contributed by atoms with Crippen LogP contribution in [0.2, 0.25) is 0 Å². The van der Waals surface area contributed by atoms with Crippen LogP contribution in [-0.2, 0) is 6.42 Å². The Morgan fingerprint density at radius 3 is 2.90 bits per heavy atom. The molecule has 4 heteroatoms. The van der Waals surface area contributed by atoms with Crippen LogP contribution in [0.25, 0.3) is 0 Å². The number of thioether (sulfide) groups is 1. The number of hydrogen-bond donors (Lipinski definition) is 1. The predicted molar refractivity (Wildman–Crippen MR) is 91.0 cm³/mol. The summed E-state index contributed by atoms with van der Waals surface area (Å²) in [6, 6.07) is 3.45. The van der Waals surface area contributed by atoms with Crippen molar-refractivity contribution >= 4 is 11.8 Å². The minimum absolute atomic E-state index is 0.382. The summed E-state index contributed by atoms with van der Waals surface area (Å²) in [6.07, 6.45) is 11.3. The average Bonchev–Trinajstić information content (AvgIpc) is 3.19. The maximum Gasteiger partial charge on any atom is 0.0640 e. The van der Waals surface area contributed by atoms with Gasteiger partial charge in [-0.3, -0.25) is 4.68 Å². The molecule has 0 spiro atoms. The molecule has 1 saturated carbocycles. The van der Waals surface area contributed by atoms with Crippen molar-refractivity contribution in [2.45, 2.75) is 75.6 Å². The average molecular weight is 308 g/mol. The Morgan fingerprint density at radius 1 is 1.43 bits per heavy atom. The molecule has 1 aliphatic heterocycles. The molecule has 2 atom stereocenters. The van der Waals surface area contributed by atoms with Gasteiger partial charge in [0.1, 0.15) is 0 Å². The first-order valence-corrected chi connectivity index (χ1v) is 9.61. The molecule has 3 rings (SSSR count). The molecule has 2 unspecified atom stereocenters. The highest BCUT2D eigenvalue weighted by molar-refractivity contribution is 8.00. The fraction of sp³-hybridized carbons (Fsp3) is 0.824. The highest BCUT2D eigenvalue weighted by Crippen LogP contribution is 2.41. The zero-order chi connectivity index (χ0) is 14.7. The largest absolute Gasteiger partial charge is 0.312 e. The molecule has 1 N–H and O–H groups in total. The predicted octanol–water partition coefficient (Wildman–Crippen LogP) is 3.80. The third-order valence-corrected chi connectivity index (χ3v) is 6.85. The summed E-state index contributed by atoms with van der Waals surface area (Å²) in [5, 5.41) is 8.61. The molecule has 1 saturated heterocycles. The van der Waals surface area contributed by atoms with E-state index in [1.165, 1.54) is 50.0 Å². The van der Waals surface area contributed by atoms with E-state index in [2.05, 4.69) is 47.9 Å². The van der Waals surface area contributed by atoms with Gasteiger partial charge < -0.3 is 5.32 Å². The van der Waals surface area contributed by atoms with Gasteiger partial charge in [-0.1, -0.05) is 19.8 Å². The second-order valence-corrected chi connectivity index (χ2v) is 8.43. The van der Waals surface area contributed by atoms with Crippen molar-refractivity contribution in [3.8, 4) is 0 Å². The van der Waals surface area contributed by atoms with E-state index >= 15 is 0 Å². The second-order valence-electron chi connectivity index (χ2n) is 6.80. The molecule has 1 aromatic heterocycles. The van der Waals surface area contributed by atoms with E-state index < -0.39 is 0 Å². The van der Waals surface area contributed by atoms with Gasteiger partial charge in [0.25, 0.3) is 0 Å². The van der Waals surface area contributed by atoms with Crippen LogP contribution in [0, 0.1) is 0 Å². The highest BCUT2D eigenvalue weighted by atomic mass is 32.2. The zero-order valence-corrected chi connectivity index (χ0v) is 14.3. The van der Waals surface area contributed by atoms with Gasteiger partial charge in [0, 0.05) is 23.4 Å². The summed E-state index contributed by atoms with van der Waals surface area (Å²) in [6.45, 7) is 5.70. The first-order valence-electron chi connectivity index (χ1n) is 8.62. The molecule has 118 valence electrons. The van der Waals surface area contributed by atoms with Crippen LogP contribution in [0.5, 0.6) is 0 Å². The standard InChI is InChI=1S/C17H29N3S/c1-3-18-16(17(2)10-6-12-21-17)13-14-9-11-20(19-14)15-7-4-5-8-15/h9,11,15-16,18H,3-8,10,12-13H2,1-2H3. The molecule has 1 aromatic rings. The monoisotopic (exact) mass is 307 g/mol. The van der Waals surface area contributed by atoms with Gasteiger partial charge in [-0.15, -0.1) is 0 Å². The molecule has 0 radical (unpaired) electrons. The Hall–Kier alpha value is -0.480. The number of rotatable bonds is 6. The summed E-state index contributed by atoms with van der Waals surface area (Å²) in [4.78, 5) is 0. The number of nitrogens with one attached hydrogen (secondary N) is 1. The smallest absolute Gasteiger partial charge is 0.0640 e. The minimum atomic E-state index is 0.382. The number of likely N-dealkylation sites (N-methyl/N-ethyl adjacent to an activating group) is 1. The third kappa shape index (κ3) is 3.48. The summed E-state index contributed by atoms with van der Waals surface area (Å²) in [5.74, 6) is 1.31. The summed E-state index contributed by atoms with van der Waals surface area (Å²) < 4.78 is 2.61. The van der Waals surface area contributed by atoms with Crippen molar-refractivity contribution in [2.24, 2.45) is 0 Å². The number of aromatic nitrogens is 2. The van der Waals surface area contributed by atoms with E-state index in [1.807, 2.05) is 0 Å². The van der Waals surface area contributed by atoms with Crippen LogP contribution >= 0.6 is 11.8 Å². The Kier molecular flexibility index (Phi) is 4.95. The van der Waals surface area contributed by atoms with Gasteiger partial charge in [0.05, 0.1) is 11.7 Å². The van der Waals surface area contributed by atoms with E-state index in [9.17, 15) is 0 Å².